The van der Waals surface area contributed by atoms with Crippen molar-refractivity contribution in [1.82, 2.24) is 9.55 Å². The number of ketones is 1. The Labute approximate surface area is 160 Å². The molecule has 0 amide bonds. The number of thioether (sulfide) groups is 1. The molecule has 0 spiro atoms. The fraction of sp³-hybridized carbons (Fsp3) is 0.316. The number of halogens is 1. The van der Waals surface area contributed by atoms with E-state index in [0.717, 1.165) is 0 Å². The third kappa shape index (κ3) is 4.02. The lowest BCUT2D eigenvalue weighted by atomic mass is 9.92. The van der Waals surface area contributed by atoms with Gasteiger partial charge >= 0.3 is 0 Å². The van der Waals surface area contributed by atoms with Gasteiger partial charge in [0.2, 0.25) is 0 Å². The van der Waals surface area contributed by atoms with Crippen LogP contribution in [0, 0.1) is 5.41 Å². The van der Waals surface area contributed by atoms with Crippen LogP contribution in [0.5, 0.6) is 0 Å². The number of nitrogens with zero attached hydrogens (tertiary/aromatic N) is 2. The average molecular weight is 391 g/mol. The fourth-order valence-electron chi connectivity index (χ4n) is 2.33. The van der Waals surface area contributed by atoms with Crippen molar-refractivity contribution in [1.29, 1.82) is 0 Å². The Balaban J connectivity index is 2.05. The predicted octanol–water partition coefficient (Wildman–Crippen LogP) is 4.40. The molecule has 7 heteroatoms. The van der Waals surface area contributed by atoms with Crippen LogP contribution in [0.15, 0.2) is 51.0 Å². The van der Waals surface area contributed by atoms with Crippen molar-refractivity contribution < 1.29 is 9.21 Å². The fourth-order valence-corrected chi connectivity index (χ4v) is 3.65. The molecule has 26 heavy (non-hydrogen) atoms. The number of rotatable bonds is 5. The number of benzene rings is 1. The number of carbonyl (C=O) groups excluding carboxylic acids is 1. The van der Waals surface area contributed by atoms with Crippen LogP contribution in [0.3, 0.4) is 0 Å². The summed E-state index contributed by atoms with van der Waals surface area (Å²) in [5.74, 6) is 0.971. The molecule has 5 nitrogen and oxygen atoms in total. The Bertz CT molecular complexity index is 1000. The third-order valence-electron chi connectivity index (χ3n) is 3.95. The molecule has 0 aliphatic heterocycles. The molecule has 1 aromatic carbocycles. The Morgan fingerprint density at radius 3 is 2.73 bits per heavy atom. The second-order valence-corrected chi connectivity index (χ2v) is 8.37. The highest BCUT2D eigenvalue weighted by Gasteiger charge is 2.22. The van der Waals surface area contributed by atoms with E-state index in [4.69, 9.17) is 16.0 Å². The van der Waals surface area contributed by atoms with E-state index in [1.165, 1.54) is 16.3 Å². The van der Waals surface area contributed by atoms with E-state index in [0.29, 0.717) is 26.8 Å². The third-order valence-corrected chi connectivity index (χ3v) is 5.16. The second-order valence-electron chi connectivity index (χ2n) is 6.99. The van der Waals surface area contributed by atoms with E-state index < -0.39 is 5.41 Å². The van der Waals surface area contributed by atoms with Gasteiger partial charge in [0, 0.05) is 10.4 Å². The lowest BCUT2D eigenvalue weighted by Gasteiger charge is -2.17. The maximum atomic E-state index is 13.0. The first-order chi connectivity index (χ1) is 12.3. The maximum Gasteiger partial charge on any atom is 0.262 e. The molecule has 0 bridgehead atoms. The highest BCUT2D eigenvalue weighted by Crippen LogP contribution is 2.24. The van der Waals surface area contributed by atoms with Gasteiger partial charge in [0.1, 0.15) is 11.5 Å². The molecular weight excluding hydrogens is 372 g/mol. The summed E-state index contributed by atoms with van der Waals surface area (Å²) in [4.78, 5) is 29.8. The molecule has 0 aliphatic rings. The summed E-state index contributed by atoms with van der Waals surface area (Å²) < 4.78 is 6.91. The van der Waals surface area contributed by atoms with Gasteiger partial charge in [-0.25, -0.2) is 4.98 Å². The van der Waals surface area contributed by atoms with Gasteiger partial charge in [-0.3, -0.25) is 14.2 Å². The molecule has 2 heterocycles. The molecule has 0 saturated carbocycles. The van der Waals surface area contributed by atoms with E-state index in [2.05, 4.69) is 4.98 Å². The van der Waals surface area contributed by atoms with Crippen molar-refractivity contribution in [2.45, 2.75) is 32.5 Å². The molecule has 136 valence electrons. The van der Waals surface area contributed by atoms with E-state index in [9.17, 15) is 9.59 Å². The SMILES string of the molecule is CC(C)(C)C(=O)CSc1nc2cc(Cl)ccc2c(=O)n1Cc1ccco1. The van der Waals surface area contributed by atoms with Gasteiger partial charge in [-0.15, -0.1) is 0 Å². The molecule has 0 fully saturated rings. The second kappa shape index (κ2) is 7.29. The summed E-state index contributed by atoms with van der Waals surface area (Å²) in [6.07, 6.45) is 1.56. The zero-order valence-electron chi connectivity index (χ0n) is 14.8. The number of Topliss-reactive ketones (excluding diaryl/α,β-unsaturated/α-hetero) is 1. The first-order valence-corrected chi connectivity index (χ1v) is 9.50. The maximum absolute atomic E-state index is 13.0. The Kier molecular flexibility index (Phi) is 5.25. The summed E-state index contributed by atoms with van der Waals surface area (Å²) in [7, 11) is 0. The zero-order chi connectivity index (χ0) is 18.9. The summed E-state index contributed by atoms with van der Waals surface area (Å²) in [5, 5.41) is 1.46. The molecular formula is C19H19ClN2O3S. The van der Waals surface area contributed by atoms with Crippen LogP contribution in [-0.4, -0.2) is 21.1 Å². The summed E-state index contributed by atoms with van der Waals surface area (Å²) in [5.41, 5.74) is -0.114. The van der Waals surface area contributed by atoms with Crippen LogP contribution in [0.1, 0.15) is 26.5 Å². The monoisotopic (exact) mass is 390 g/mol. The van der Waals surface area contributed by atoms with Crippen molar-refractivity contribution in [2.75, 3.05) is 5.75 Å². The number of hydrogen-bond acceptors (Lipinski definition) is 5. The van der Waals surface area contributed by atoms with Crippen LogP contribution >= 0.6 is 23.4 Å². The Morgan fingerprint density at radius 2 is 2.08 bits per heavy atom. The minimum atomic E-state index is -0.445. The number of furan rings is 1. The first kappa shape index (κ1) is 18.7. The standard InChI is InChI=1S/C19H19ClN2O3S/c1-19(2,3)16(23)11-26-18-21-15-9-12(20)6-7-14(15)17(24)22(18)10-13-5-4-8-25-13/h4-9H,10-11H2,1-3H3. The van der Waals surface area contributed by atoms with Crippen molar-refractivity contribution in [3.8, 4) is 0 Å². The van der Waals surface area contributed by atoms with Crippen LogP contribution in [0.25, 0.3) is 10.9 Å². The highest BCUT2D eigenvalue weighted by molar-refractivity contribution is 7.99. The van der Waals surface area contributed by atoms with Crippen LogP contribution in [-0.2, 0) is 11.3 Å². The van der Waals surface area contributed by atoms with E-state index in [1.54, 1.807) is 36.6 Å². The molecule has 2 aromatic heterocycles. The van der Waals surface area contributed by atoms with Gasteiger partial charge in [-0.05, 0) is 30.3 Å². The largest absolute Gasteiger partial charge is 0.467 e. The van der Waals surface area contributed by atoms with Crippen molar-refractivity contribution in [3.05, 3.63) is 57.7 Å². The van der Waals surface area contributed by atoms with Gasteiger partial charge in [0.05, 0.1) is 29.5 Å². The van der Waals surface area contributed by atoms with E-state index in [-0.39, 0.29) is 23.6 Å². The van der Waals surface area contributed by atoms with Gasteiger partial charge in [0.15, 0.2) is 5.16 Å². The van der Waals surface area contributed by atoms with E-state index in [1.807, 2.05) is 20.8 Å². The molecule has 3 rings (SSSR count). The number of hydrogen-bond donors (Lipinski definition) is 0. The molecule has 0 aliphatic carbocycles. The summed E-state index contributed by atoms with van der Waals surface area (Å²) >= 11 is 7.30. The summed E-state index contributed by atoms with van der Waals surface area (Å²) in [6.45, 7) is 5.88. The number of fused-ring (bicyclic) bond motifs is 1. The normalized spacial score (nSPS) is 11.8. The van der Waals surface area contributed by atoms with Gasteiger partial charge in [0.25, 0.3) is 5.56 Å². The zero-order valence-corrected chi connectivity index (χ0v) is 16.4. The molecule has 0 N–H and O–H groups in total. The molecule has 0 radical (unpaired) electrons. The molecule has 0 atom stereocenters. The number of aromatic nitrogens is 2. The minimum absolute atomic E-state index is 0.0903. The quantitative estimate of drug-likeness (QED) is 0.477. The molecule has 0 unspecified atom stereocenters. The van der Waals surface area contributed by atoms with Gasteiger partial charge in [-0.1, -0.05) is 44.1 Å². The smallest absolute Gasteiger partial charge is 0.262 e. The Morgan fingerprint density at radius 1 is 1.31 bits per heavy atom. The number of carbonyl (C=O) groups is 1. The lowest BCUT2D eigenvalue weighted by molar-refractivity contribution is -0.123. The molecule has 3 aromatic rings. The first-order valence-electron chi connectivity index (χ1n) is 8.14. The van der Waals surface area contributed by atoms with Crippen molar-refractivity contribution in [2.24, 2.45) is 5.41 Å². The van der Waals surface area contributed by atoms with Gasteiger partial charge in [-0.2, -0.15) is 0 Å². The minimum Gasteiger partial charge on any atom is -0.467 e. The molecule has 0 saturated heterocycles. The van der Waals surface area contributed by atoms with Crippen LogP contribution < -0.4 is 5.56 Å². The topological polar surface area (TPSA) is 65.1 Å². The van der Waals surface area contributed by atoms with Crippen LogP contribution in [0.4, 0.5) is 0 Å². The highest BCUT2D eigenvalue weighted by atomic mass is 35.5. The summed E-state index contributed by atoms with van der Waals surface area (Å²) in [6, 6.07) is 8.56. The predicted molar refractivity (Wildman–Crippen MR) is 104 cm³/mol. The van der Waals surface area contributed by atoms with Crippen LogP contribution in [0.2, 0.25) is 5.02 Å². The van der Waals surface area contributed by atoms with Crippen molar-refractivity contribution >= 4 is 40.0 Å². The van der Waals surface area contributed by atoms with Crippen molar-refractivity contribution in [3.63, 3.8) is 0 Å². The van der Waals surface area contributed by atoms with E-state index >= 15 is 0 Å². The Hall–Kier alpha value is -2.05. The lowest BCUT2D eigenvalue weighted by Crippen LogP contribution is -2.26. The average Bonchev–Trinajstić information content (AvgIpc) is 3.07. The van der Waals surface area contributed by atoms with Gasteiger partial charge < -0.3 is 4.42 Å².